The van der Waals surface area contributed by atoms with E-state index in [0.29, 0.717) is 0 Å². The molecule has 0 aliphatic heterocycles. The van der Waals surface area contributed by atoms with Crippen molar-refractivity contribution < 1.29 is 28.6 Å². The lowest BCUT2D eigenvalue weighted by Crippen LogP contribution is -2.46. The highest BCUT2D eigenvalue weighted by atomic mass is 35.6. The minimum atomic E-state index is -1.88. The Balaban J connectivity index is 4.60. The molecular formula is C9H9Cl6NO6. The quantitative estimate of drug-likeness (QED) is 0.306. The van der Waals surface area contributed by atoms with E-state index in [2.05, 4.69) is 14.2 Å². The van der Waals surface area contributed by atoms with Crippen LogP contribution in [0.4, 0.5) is 4.79 Å². The molecule has 0 aromatic carbocycles. The number of nitrogens with one attached hydrogen (secondary N) is 1. The molecule has 0 aromatic heterocycles. The fourth-order valence-corrected chi connectivity index (χ4v) is 1.15. The number of ether oxygens (including phenoxy) is 3. The van der Waals surface area contributed by atoms with Crippen LogP contribution in [0.5, 0.6) is 0 Å². The summed E-state index contributed by atoms with van der Waals surface area (Å²) in [5.41, 5.74) is 0. The van der Waals surface area contributed by atoms with Gasteiger partial charge >= 0.3 is 18.0 Å². The number of hydrogen-bond donors (Lipinski definition) is 1. The van der Waals surface area contributed by atoms with Gasteiger partial charge in [-0.25, -0.2) is 9.59 Å². The molecule has 1 N–H and O–H groups in total. The summed E-state index contributed by atoms with van der Waals surface area (Å²) in [6.45, 7) is -0.262. The molecule has 7 nitrogen and oxygen atoms in total. The Morgan fingerprint density at radius 3 is 1.82 bits per heavy atom. The maximum atomic E-state index is 11.6. The second-order valence-corrected chi connectivity index (χ2v) is 8.58. The Hall–Kier alpha value is -0.0500. The van der Waals surface area contributed by atoms with E-state index in [1.54, 1.807) is 0 Å². The molecule has 0 spiro atoms. The number of esters is 2. The van der Waals surface area contributed by atoms with Gasteiger partial charge in [-0.1, -0.05) is 69.6 Å². The van der Waals surface area contributed by atoms with E-state index >= 15 is 0 Å². The lowest BCUT2D eigenvalue weighted by molar-refractivity contribution is -0.168. The van der Waals surface area contributed by atoms with Crippen LogP contribution in [0.1, 0.15) is 6.92 Å². The van der Waals surface area contributed by atoms with Crippen molar-refractivity contribution in [2.75, 3.05) is 13.2 Å². The van der Waals surface area contributed by atoms with Gasteiger partial charge in [0.05, 0.1) is 0 Å². The highest BCUT2D eigenvalue weighted by Gasteiger charge is 2.30. The minimum absolute atomic E-state index is 0.612. The lowest BCUT2D eigenvalue weighted by atomic mass is 10.5. The summed E-state index contributed by atoms with van der Waals surface area (Å²) in [5.74, 6) is -2.09. The van der Waals surface area contributed by atoms with Crippen LogP contribution in [-0.4, -0.2) is 45.1 Å². The van der Waals surface area contributed by atoms with Crippen molar-refractivity contribution in [1.29, 1.82) is 0 Å². The summed E-state index contributed by atoms with van der Waals surface area (Å²) in [6.07, 6.45) is -3.03. The molecule has 0 aliphatic rings. The number of hydrogen-bond acceptors (Lipinski definition) is 6. The van der Waals surface area contributed by atoms with Crippen molar-refractivity contribution in [3.8, 4) is 0 Å². The smallest absolute Gasteiger partial charge is 0.410 e. The number of carbonyl (C=O) groups is 3. The highest BCUT2D eigenvalue weighted by molar-refractivity contribution is 6.68. The first-order chi connectivity index (χ1) is 9.80. The molecule has 0 bridgehead atoms. The van der Waals surface area contributed by atoms with E-state index in [1.165, 1.54) is 0 Å². The van der Waals surface area contributed by atoms with Gasteiger partial charge in [-0.2, -0.15) is 0 Å². The molecule has 1 unspecified atom stereocenters. The second kappa shape index (κ2) is 9.30. The number of carbonyl (C=O) groups excluding carboxylic acids is 3. The predicted octanol–water partition coefficient (Wildman–Crippen LogP) is 2.89. The molecule has 0 radical (unpaired) electrons. The van der Waals surface area contributed by atoms with E-state index in [9.17, 15) is 14.4 Å². The first kappa shape index (κ1) is 21.9. The first-order valence-corrected chi connectivity index (χ1v) is 7.47. The van der Waals surface area contributed by atoms with Gasteiger partial charge in [0.15, 0.2) is 0 Å². The Morgan fingerprint density at radius 1 is 0.955 bits per heavy atom. The van der Waals surface area contributed by atoms with Gasteiger partial charge in [-0.05, 0) is 0 Å². The molecule has 0 saturated carbocycles. The third kappa shape index (κ3) is 12.5. The Labute approximate surface area is 155 Å². The molecular weight excluding hydrogens is 431 g/mol. The SMILES string of the molecule is CC(=O)OC(NC(=O)OCC(Cl)(Cl)Cl)C(=O)OCC(Cl)(Cl)Cl. The van der Waals surface area contributed by atoms with Crippen molar-refractivity contribution >= 4 is 87.6 Å². The third-order valence-electron chi connectivity index (χ3n) is 1.49. The zero-order valence-electron chi connectivity index (χ0n) is 10.7. The average Bonchev–Trinajstić information content (AvgIpc) is 2.30. The van der Waals surface area contributed by atoms with Crippen LogP contribution < -0.4 is 5.32 Å². The number of rotatable bonds is 5. The Bertz CT molecular complexity index is 420. The molecule has 128 valence electrons. The molecule has 0 fully saturated rings. The summed E-state index contributed by atoms with van der Waals surface area (Å²) in [4.78, 5) is 33.9. The number of alkyl carbamates (subject to hydrolysis) is 1. The van der Waals surface area contributed by atoms with Crippen LogP contribution in [0, 0.1) is 0 Å². The third-order valence-corrected chi connectivity index (χ3v) is 2.15. The molecule has 0 rings (SSSR count). The largest absolute Gasteiger partial charge is 0.457 e. The molecule has 0 saturated heterocycles. The molecule has 0 heterocycles. The monoisotopic (exact) mass is 437 g/mol. The topological polar surface area (TPSA) is 90.9 Å². The lowest BCUT2D eigenvalue weighted by Gasteiger charge is -2.19. The van der Waals surface area contributed by atoms with E-state index in [-0.39, 0.29) is 0 Å². The molecule has 22 heavy (non-hydrogen) atoms. The summed E-state index contributed by atoms with van der Waals surface area (Å²) < 4.78 is 9.83. The molecule has 0 aromatic rings. The molecule has 1 amide bonds. The zero-order valence-corrected chi connectivity index (χ0v) is 15.2. The van der Waals surface area contributed by atoms with Crippen molar-refractivity contribution in [2.24, 2.45) is 0 Å². The summed E-state index contributed by atoms with van der Waals surface area (Å²) in [7, 11) is 0. The highest BCUT2D eigenvalue weighted by Crippen LogP contribution is 2.26. The zero-order chi connectivity index (χ0) is 17.6. The average molecular weight is 440 g/mol. The van der Waals surface area contributed by atoms with Gasteiger partial charge in [0, 0.05) is 6.92 Å². The van der Waals surface area contributed by atoms with Crippen molar-refractivity contribution in [1.82, 2.24) is 5.32 Å². The first-order valence-electron chi connectivity index (χ1n) is 5.21. The standard InChI is InChI=1S/C9H9Cl6NO6/c1-4(17)22-5(6(18)20-2-8(10,11)12)16-7(19)21-3-9(13,14)15/h5H,2-3H2,1H3,(H,16,19). The van der Waals surface area contributed by atoms with Crippen LogP contribution in [0.3, 0.4) is 0 Å². The van der Waals surface area contributed by atoms with E-state index in [4.69, 9.17) is 69.6 Å². The fourth-order valence-electron chi connectivity index (χ4n) is 0.827. The van der Waals surface area contributed by atoms with Gasteiger partial charge in [0.2, 0.25) is 7.59 Å². The van der Waals surface area contributed by atoms with Crippen LogP contribution in [-0.2, 0) is 23.8 Å². The molecule has 13 heteroatoms. The maximum absolute atomic E-state index is 11.6. The van der Waals surface area contributed by atoms with Crippen molar-refractivity contribution in [3.05, 3.63) is 0 Å². The Kier molecular flexibility index (Phi) is 9.27. The van der Waals surface area contributed by atoms with Crippen LogP contribution in [0.2, 0.25) is 0 Å². The molecule has 0 aliphatic carbocycles. The van der Waals surface area contributed by atoms with Gasteiger partial charge in [-0.3, -0.25) is 10.1 Å². The number of halogens is 6. The normalized spacial score (nSPS) is 13.0. The van der Waals surface area contributed by atoms with Crippen LogP contribution in [0.25, 0.3) is 0 Å². The van der Waals surface area contributed by atoms with Gasteiger partial charge in [0.1, 0.15) is 13.2 Å². The second-order valence-electron chi connectivity index (χ2n) is 3.55. The minimum Gasteiger partial charge on any atom is -0.457 e. The fraction of sp³-hybridized carbons (Fsp3) is 0.667. The Morgan fingerprint density at radius 2 is 1.41 bits per heavy atom. The van der Waals surface area contributed by atoms with Crippen molar-refractivity contribution in [2.45, 2.75) is 20.7 Å². The summed E-state index contributed by atoms with van der Waals surface area (Å²) in [6, 6.07) is 0. The van der Waals surface area contributed by atoms with E-state index in [0.717, 1.165) is 6.92 Å². The number of alkyl halides is 6. The summed E-state index contributed by atoms with van der Waals surface area (Å²) in [5, 5.41) is 1.87. The molecule has 1 atom stereocenters. The summed E-state index contributed by atoms with van der Waals surface area (Å²) >= 11 is 32.2. The van der Waals surface area contributed by atoms with Gasteiger partial charge in [0.25, 0.3) is 6.23 Å². The van der Waals surface area contributed by atoms with E-state index < -0.39 is 45.1 Å². The van der Waals surface area contributed by atoms with Crippen LogP contribution in [0.15, 0.2) is 0 Å². The predicted molar refractivity (Wildman–Crippen MR) is 81.6 cm³/mol. The maximum Gasteiger partial charge on any atom is 0.410 e. The van der Waals surface area contributed by atoms with Crippen molar-refractivity contribution in [3.63, 3.8) is 0 Å². The van der Waals surface area contributed by atoms with E-state index in [1.807, 2.05) is 5.32 Å². The van der Waals surface area contributed by atoms with Gasteiger partial charge in [-0.15, -0.1) is 0 Å². The number of amides is 1. The van der Waals surface area contributed by atoms with Crippen LogP contribution >= 0.6 is 69.6 Å². The van der Waals surface area contributed by atoms with Gasteiger partial charge < -0.3 is 14.2 Å².